The maximum Gasteiger partial charge on any atom is 0.247 e. The highest BCUT2D eigenvalue weighted by atomic mass is 32.1. The van der Waals surface area contributed by atoms with Crippen LogP contribution >= 0.6 is 11.3 Å². The van der Waals surface area contributed by atoms with Gasteiger partial charge < -0.3 is 15.4 Å². The normalized spacial score (nSPS) is 16.3. The van der Waals surface area contributed by atoms with Crippen LogP contribution in [-0.4, -0.2) is 66.4 Å². The summed E-state index contributed by atoms with van der Waals surface area (Å²) >= 11 is 1.43. The Morgan fingerprint density at radius 3 is 2.40 bits per heavy atom. The monoisotopic (exact) mass is 629 g/mol. The van der Waals surface area contributed by atoms with Gasteiger partial charge in [0.15, 0.2) is 11.6 Å². The molecular weight excluding hydrogens is 596 g/mol. The van der Waals surface area contributed by atoms with Crippen molar-refractivity contribution in [2.24, 2.45) is 11.1 Å². The highest BCUT2D eigenvalue weighted by molar-refractivity contribution is 7.19. The fourth-order valence-corrected chi connectivity index (χ4v) is 6.54. The number of ether oxygens (including phenoxy) is 1. The number of benzene rings is 2. The van der Waals surface area contributed by atoms with Gasteiger partial charge in [-0.2, -0.15) is 0 Å². The highest BCUT2D eigenvalue weighted by Crippen LogP contribution is 2.49. The van der Waals surface area contributed by atoms with E-state index < -0.39 is 28.9 Å². The fourth-order valence-electron chi connectivity index (χ4n) is 5.60. The van der Waals surface area contributed by atoms with Gasteiger partial charge in [0, 0.05) is 43.1 Å². The Morgan fingerprint density at radius 2 is 1.76 bits per heavy atom. The number of piperidine rings is 1. The molecule has 3 heterocycles. The zero-order valence-electron chi connectivity index (χ0n) is 25.1. The lowest BCUT2D eigenvalue weighted by Gasteiger charge is -2.34. The number of rotatable bonds is 8. The first-order valence-electron chi connectivity index (χ1n) is 14.8. The number of thiophene rings is 1. The molecule has 2 N–H and O–H groups in total. The van der Waals surface area contributed by atoms with E-state index in [1.54, 1.807) is 12.3 Å². The SMILES string of the molecule is CN(C)C1CCN(CC#Cc2cc3nccc(Oc4ccc(N(C(=O)C5(C(N)=O)CC5)c5ccc(F)cc5)cc4F)c3s2)CC1. The van der Waals surface area contributed by atoms with E-state index in [0.717, 1.165) is 41.6 Å². The van der Waals surface area contributed by atoms with Gasteiger partial charge in [0.05, 0.1) is 27.3 Å². The minimum absolute atomic E-state index is 0.0593. The van der Waals surface area contributed by atoms with Crippen molar-refractivity contribution in [1.82, 2.24) is 14.8 Å². The zero-order valence-corrected chi connectivity index (χ0v) is 25.9. The first-order valence-corrected chi connectivity index (χ1v) is 15.6. The predicted octanol–water partition coefficient (Wildman–Crippen LogP) is 5.67. The minimum Gasteiger partial charge on any atom is -0.453 e. The number of pyridine rings is 1. The van der Waals surface area contributed by atoms with Gasteiger partial charge in [0.1, 0.15) is 17.0 Å². The highest BCUT2D eigenvalue weighted by Gasteiger charge is 2.57. The summed E-state index contributed by atoms with van der Waals surface area (Å²) in [6.45, 7) is 2.74. The summed E-state index contributed by atoms with van der Waals surface area (Å²) in [6.07, 6.45) is 4.45. The Labute approximate surface area is 264 Å². The van der Waals surface area contributed by atoms with Gasteiger partial charge >= 0.3 is 0 Å². The fraction of sp³-hybridized carbons (Fsp3) is 0.324. The average Bonchev–Trinajstić information content (AvgIpc) is 3.74. The van der Waals surface area contributed by atoms with Crippen LogP contribution in [0, 0.1) is 28.9 Å². The standard InChI is InChI=1S/C34H33F2N5O3S/c1-39(2)23-12-18-40(19-13-23)17-3-4-26-21-28-31(45-26)30(11-16-38-28)44-29-10-9-25(20-27(29)36)41(24-7-5-22(35)6-8-24)33(43)34(14-15-34)32(37)42/h5-11,16,20-21,23H,12-15,17-19H2,1-2H3,(H2,37,42). The molecular formula is C34H33F2N5O3S. The Morgan fingerprint density at radius 1 is 1.04 bits per heavy atom. The maximum atomic E-state index is 15.6. The number of carbonyl (C=O) groups excluding carboxylic acids is 2. The number of halogens is 2. The molecule has 4 aromatic rings. The van der Waals surface area contributed by atoms with Crippen LogP contribution in [0.2, 0.25) is 0 Å². The Bertz CT molecular complexity index is 1800. The molecule has 1 aliphatic heterocycles. The second-order valence-corrected chi connectivity index (χ2v) is 12.7. The Kier molecular flexibility index (Phi) is 8.55. The van der Waals surface area contributed by atoms with Gasteiger partial charge in [-0.1, -0.05) is 11.8 Å². The molecule has 2 fully saturated rings. The average molecular weight is 630 g/mol. The molecule has 0 atom stereocenters. The van der Waals surface area contributed by atoms with E-state index in [4.69, 9.17) is 10.5 Å². The van der Waals surface area contributed by atoms with E-state index in [9.17, 15) is 14.0 Å². The number of likely N-dealkylation sites (tertiary alicyclic amines) is 1. The summed E-state index contributed by atoms with van der Waals surface area (Å²) in [4.78, 5) is 36.8. The topological polar surface area (TPSA) is 92.0 Å². The van der Waals surface area contributed by atoms with E-state index in [1.807, 2.05) is 6.07 Å². The van der Waals surface area contributed by atoms with Crippen LogP contribution in [0.5, 0.6) is 11.5 Å². The largest absolute Gasteiger partial charge is 0.453 e. The molecule has 1 saturated heterocycles. The smallest absolute Gasteiger partial charge is 0.247 e. The molecule has 2 aromatic carbocycles. The first-order chi connectivity index (χ1) is 21.6. The first kappa shape index (κ1) is 30.6. The molecule has 0 spiro atoms. The van der Waals surface area contributed by atoms with Crippen molar-refractivity contribution in [2.75, 3.05) is 38.6 Å². The van der Waals surface area contributed by atoms with Gasteiger partial charge in [-0.05, 0) is 82.2 Å². The molecule has 0 radical (unpaired) electrons. The number of amides is 2. The second-order valence-electron chi connectivity index (χ2n) is 11.7. The molecule has 1 saturated carbocycles. The molecule has 2 amide bonds. The predicted molar refractivity (Wildman–Crippen MR) is 171 cm³/mol. The van der Waals surface area contributed by atoms with Crippen molar-refractivity contribution in [3.63, 3.8) is 0 Å². The van der Waals surface area contributed by atoms with Crippen molar-refractivity contribution in [2.45, 2.75) is 31.7 Å². The lowest BCUT2D eigenvalue weighted by Crippen LogP contribution is -2.41. The summed E-state index contributed by atoms with van der Waals surface area (Å²) < 4.78 is 36.0. The van der Waals surface area contributed by atoms with Gasteiger partial charge in [0.2, 0.25) is 11.8 Å². The van der Waals surface area contributed by atoms with E-state index >= 15 is 4.39 Å². The van der Waals surface area contributed by atoms with Crippen LogP contribution in [0.1, 0.15) is 30.6 Å². The summed E-state index contributed by atoms with van der Waals surface area (Å²) in [6, 6.07) is 13.4. The van der Waals surface area contributed by atoms with Crippen LogP contribution < -0.4 is 15.4 Å². The lowest BCUT2D eigenvalue weighted by atomic mass is 10.0. The second kappa shape index (κ2) is 12.6. The number of aromatic nitrogens is 1. The van der Waals surface area contributed by atoms with Gasteiger partial charge in [0.25, 0.3) is 0 Å². The third kappa shape index (κ3) is 6.40. The summed E-state index contributed by atoms with van der Waals surface area (Å²) in [5.74, 6) is 4.34. The molecule has 2 aromatic heterocycles. The molecule has 45 heavy (non-hydrogen) atoms. The number of primary amides is 1. The Hall–Kier alpha value is -4.37. The molecule has 0 unspecified atom stereocenters. The third-order valence-electron chi connectivity index (χ3n) is 8.49. The van der Waals surface area contributed by atoms with Crippen LogP contribution in [0.3, 0.4) is 0 Å². The van der Waals surface area contributed by atoms with Crippen molar-refractivity contribution < 1.29 is 23.1 Å². The van der Waals surface area contributed by atoms with Crippen molar-refractivity contribution in [1.29, 1.82) is 0 Å². The van der Waals surface area contributed by atoms with Crippen LogP contribution in [0.15, 0.2) is 60.8 Å². The number of anilines is 2. The number of carbonyl (C=O) groups is 2. The molecule has 232 valence electrons. The summed E-state index contributed by atoms with van der Waals surface area (Å²) in [5, 5.41) is 0. The van der Waals surface area contributed by atoms with Crippen molar-refractivity contribution >= 4 is 44.7 Å². The van der Waals surface area contributed by atoms with E-state index in [0.29, 0.717) is 36.7 Å². The lowest BCUT2D eigenvalue weighted by molar-refractivity contribution is -0.133. The van der Waals surface area contributed by atoms with Gasteiger partial charge in [-0.3, -0.25) is 24.4 Å². The minimum atomic E-state index is -1.37. The zero-order chi connectivity index (χ0) is 31.7. The molecule has 6 rings (SSSR count). The Balaban J connectivity index is 1.21. The number of nitrogens with zero attached hydrogens (tertiary/aromatic N) is 4. The molecule has 2 aliphatic rings. The van der Waals surface area contributed by atoms with Crippen molar-refractivity contribution in [3.8, 4) is 23.3 Å². The van der Waals surface area contributed by atoms with Crippen molar-refractivity contribution in [3.05, 3.63) is 77.3 Å². The molecule has 8 nitrogen and oxygen atoms in total. The van der Waals surface area contributed by atoms with Crippen LogP contribution in [-0.2, 0) is 9.59 Å². The quantitative estimate of drug-likeness (QED) is 0.199. The molecule has 0 bridgehead atoms. The number of fused-ring (bicyclic) bond motifs is 1. The van der Waals surface area contributed by atoms with Gasteiger partial charge in [-0.15, -0.1) is 11.3 Å². The van der Waals surface area contributed by atoms with Crippen LogP contribution in [0.4, 0.5) is 20.2 Å². The number of hydrogen-bond acceptors (Lipinski definition) is 7. The van der Waals surface area contributed by atoms with E-state index in [-0.39, 0.29) is 17.1 Å². The molecule has 11 heteroatoms. The van der Waals surface area contributed by atoms with Gasteiger partial charge in [-0.25, -0.2) is 8.78 Å². The number of hydrogen-bond donors (Lipinski definition) is 1. The number of nitrogens with two attached hydrogens (primary N) is 1. The summed E-state index contributed by atoms with van der Waals surface area (Å²) in [7, 11) is 4.25. The third-order valence-corrected chi connectivity index (χ3v) is 9.54. The van der Waals surface area contributed by atoms with E-state index in [1.165, 1.54) is 52.6 Å². The van der Waals surface area contributed by atoms with E-state index in [2.05, 4.69) is 40.7 Å². The molecule has 1 aliphatic carbocycles. The van der Waals surface area contributed by atoms with Crippen LogP contribution in [0.25, 0.3) is 10.2 Å². The maximum absolute atomic E-state index is 15.6. The summed E-state index contributed by atoms with van der Waals surface area (Å²) in [5.41, 5.74) is 5.32.